The molecule has 2 amide bonds. The van der Waals surface area contributed by atoms with E-state index in [-0.39, 0.29) is 41.5 Å². The molecular weight excluding hydrogens is 948 g/mol. The fourth-order valence-corrected chi connectivity index (χ4v) is 11.7. The van der Waals surface area contributed by atoms with Crippen molar-refractivity contribution in [1.29, 1.82) is 0 Å². The highest BCUT2D eigenvalue weighted by molar-refractivity contribution is 7.15. The number of amides is 2. The third-order valence-electron chi connectivity index (χ3n) is 14.8. The van der Waals surface area contributed by atoms with E-state index in [1.54, 1.807) is 22.0 Å². The summed E-state index contributed by atoms with van der Waals surface area (Å²) in [6.07, 6.45) is 2.15. The van der Waals surface area contributed by atoms with Crippen LogP contribution in [-0.4, -0.2) is 149 Å². The molecule has 3 N–H and O–H groups in total. The first-order chi connectivity index (χ1) is 34.7. The van der Waals surface area contributed by atoms with Crippen LogP contribution in [0.25, 0.3) is 22.1 Å². The molecule has 0 radical (unpaired) electrons. The first-order valence-electron chi connectivity index (χ1n) is 25.4. The number of likely N-dealkylation sites (N-methyl/N-ethyl adjacent to an activating group) is 1. The minimum atomic E-state index is -0.485. The molecule has 0 saturated carbocycles. The molecule has 0 aliphatic carbocycles. The van der Waals surface area contributed by atoms with E-state index in [0.29, 0.717) is 52.5 Å². The molecular formula is C54H67ClN12O4S. The number of aliphatic imine (C=N–C) groups is 1. The number of benzene rings is 3. The maximum absolute atomic E-state index is 14.1. The lowest BCUT2D eigenvalue weighted by atomic mass is 9.95. The zero-order chi connectivity index (χ0) is 50.8. The van der Waals surface area contributed by atoms with Gasteiger partial charge in [-0.15, -0.1) is 31.7 Å². The van der Waals surface area contributed by atoms with E-state index in [9.17, 15) is 19.8 Å². The first-order valence-corrected chi connectivity index (χ1v) is 26.6. The molecule has 3 aromatic carbocycles. The Labute approximate surface area is 431 Å². The van der Waals surface area contributed by atoms with Gasteiger partial charge in [-0.05, 0) is 106 Å². The summed E-state index contributed by atoms with van der Waals surface area (Å²) in [6.45, 7) is 24.4. The molecule has 2 saturated heterocycles. The van der Waals surface area contributed by atoms with Gasteiger partial charge in [0.2, 0.25) is 11.7 Å². The highest BCUT2D eigenvalue weighted by Gasteiger charge is 2.35. The Hall–Kier alpha value is -5.98. The monoisotopic (exact) mass is 1010 g/mol. The molecule has 3 aliphatic rings. The van der Waals surface area contributed by atoms with Crippen molar-refractivity contribution in [3.8, 4) is 33.6 Å². The Morgan fingerprint density at radius 1 is 0.847 bits per heavy atom. The highest BCUT2D eigenvalue weighted by Crippen LogP contribution is 2.41. The number of piperazine rings is 1. The Morgan fingerprint density at radius 2 is 1.54 bits per heavy atom. The summed E-state index contributed by atoms with van der Waals surface area (Å²) in [7, 11) is 0. The first kappa shape index (κ1) is 50.9. The summed E-state index contributed by atoms with van der Waals surface area (Å²) in [5, 5.41) is 44.3. The summed E-state index contributed by atoms with van der Waals surface area (Å²) in [5.41, 5.74) is 6.90. The lowest BCUT2D eigenvalue weighted by Gasteiger charge is -2.39. The van der Waals surface area contributed by atoms with Crippen molar-refractivity contribution in [1.82, 2.24) is 54.4 Å². The standard InChI is InChI=1S/C54H67ClN12O4S/c1-8-62(9-2)23-20-56-53(71)52-61-59-50(43-28-42(33(3)4)45(68)30-46(43)69)67(52)41-16-10-37(11-17-41)31-63-24-26-64(27-25-63)32-38-18-21-65(22-19-38)47(70)29-44-51-60-58-36(7)66(51)54-48(34(5)35(6)72-54)49(57-44)39-12-14-40(55)15-13-39/h10-17,28,30,33,38,44,68-69H,8-9,18-27,29,31-32H2,1-7H3,(H,56,71)/t44-/m0/s1. The predicted octanol–water partition coefficient (Wildman–Crippen LogP) is 8.10. The number of likely N-dealkylation sites (tertiary alicyclic amines) is 1. The molecule has 18 heteroatoms. The average Bonchev–Trinajstić information content (AvgIpc) is 4.04. The molecule has 380 valence electrons. The van der Waals surface area contributed by atoms with Crippen LogP contribution < -0.4 is 5.32 Å². The van der Waals surface area contributed by atoms with Gasteiger partial charge in [-0.25, -0.2) is 0 Å². The van der Waals surface area contributed by atoms with Crippen molar-refractivity contribution in [3.63, 3.8) is 0 Å². The van der Waals surface area contributed by atoms with Gasteiger partial charge in [-0.3, -0.25) is 28.6 Å². The number of halogens is 1. The number of carbonyl (C=O) groups is 2. The van der Waals surface area contributed by atoms with Crippen molar-refractivity contribution in [2.45, 2.75) is 86.2 Å². The van der Waals surface area contributed by atoms with Gasteiger partial charge in [0.1, 0.15) is 28.4 Å². The second kappa shape index (κ2) is 22.0. The van der Waals surface area contributed by atoms with E-state index < -0.39 is 6.04 Å². The van der Waals surface area contributed by atoms with Gasteiger partial charge in [0.25, 0.3) is 5.91 Å². The van der Waals surface area contributed by atoms with Crippen LogP contribution >= 0.6 is 22.9 Å². The lowest BCUT2D eigenvalue weighted by Crippen LogP contribution is -2.48. The quantitative estimate of drug-likeness (QED) is 0.0856. The van der Waals surface area contributed by atoms with Crippen molar-refractivity contribution in [2.24, 2.45) is 10.9 Å². The topological polar surface area (TPSA) is 173 Å². The SMILES string of the molecule is CCN(CC)CCNC(=O)c1nnc(-c2cc(C(C)C)c(O)cc2O)n1-c1ccc(CN2CCN(CC3CCN(C(=O)C[C@@H]4N=C(c5ccc(Cl)cc5)c5c(sc(C)c5C)-n5c(C)nnc54)CC3)CC2)cc1. The summed E-state index contributed by atoms with van der Waals surface area (Å²) in [5.74, 6) is 1.98. The number of phenols is 2. The van der Waals surface area contributed by atoms with Gasteiger partial charge in [-0.1, -0.05) is 63.6 Å². The van der Waals surface area contributed by atoms with E-state index in [1.165, 1.54) is 16.5 Å². The Bertz CT molecular complexity index is 2930. The van der Waals surface area contributed by atoms with E-state index in [1.807, 2.05) is 62.1 Å². The largest absolute Gasteiger partial charge is 0.508 e. The van der Waals surface area contributed by atoms with Crippen molar-refractivity contribution in [3.05, 3.63) is 116 Å². The fourth-order valence-electron chi connectivity index (χ4n) is 10.3. The Kier molecular flexibility index (Phi) is 15.6. The smallest absolute Gasteiger partial charge is 0.289 e. The number of carbonyl (C=O) groups excluding carboxylic acids is 2. The number of thiophene rings is 1. The van der Waals surface area contributed by atoms with Gasteiger partial charge < -0.3 is 30.2 Å². The van der Waals surface area contributed by atoms with Gasteiger partial charge >= 0.3 is 0 Å². The van der Waals surface area contributed by atoms with Crippen LogP contribution in [0.1, 0.15) is 114 Å². The molecule has 0 bridgehead atoms. The van der Waals surface area contributed by atoms with E-state index >= 15 is 0 Å². The number of fused-ring (bicyclic) bond motifs is 3. The molecule has 0 unspecified atom stereocenters. The fraction of sp³-hybridized carbons (Fsp3) is 0.463. The maximum atomic E-state index is 14.1. The van der Waals surface area contributed by atoms with Crippen molar-refractivity contribution < 1.29 is 19.8 Å². The van der Waals surface area contributed by atoms with Crippen LogP contribution in [-0.2, 0) is 11.3 Å². The second-order valence-electron chi connectivity index (χ2n) is 19.7. The van der Waals surface area contributed by atoms with Crippen LogP contribution in [0.15, 0.2) is 65.7 Å². The minimum absolute atomic E-state index is 0.000295. The third kappa shape index (κ3) is 10.7. The number of aryl methyl sites for hydroxylation is 2. The van der Waals surface area contributed by atoms with Gasteiger partial charge in [0, 0.05) is 98.2 Å². The summed E-state index contributed by atoms with van der Waals surface area (Å²) >= 11 is 8.02. The Morgan fingerprint density at radius 3 is 2.22 bits per heavy atom. The number of hydrogen-bond donors (Lipinski definition) is 3. The van der Waals surface area contributed by atoms with E-state index in [4.69, 9.17) is 16.6 Å². The van der Waals surface area contributed by atoms with Crippen LogP contribution in [0.4, 0.5) is 0 Å². The van der Waals surface area contributed by atoms with Crippen LogP contribution in [0.2, 0.25) is 5.02 Å². The van der Waals surface area contributed by atoms with Crippen LogP contribution in [0.5, 0.6) is 11.5 Å². The molecule has 6 heterocycles. The zero-order valence-electron chi connectivity index (χ0n) is 42.5. The second-order valence-corrected chi connectivity index (χ2v) is 21.4. The normalized spacial score (nSPS) is 16.8. The molecule has 3 aliphatic heterocycles. The Balaban J connectivity index is 0.806. The number of piperidine rings is 1. The highest BCUT2D eigenvalue weighted by atomic mass is 35.5. The predicted molar refractivity (Wildman–Crippen MR) is 283 cm³/mol. The van der Waals surface area contributed by atoms with Gasteiger partial charge in [-0.2, -0.15) is 0 Å². The molecule has 6 aromatic rings. The number of phenolic OH excluding ortho intramolecular Hbond substituents is 2. The number of nitrogens with zero attached hydrogens (tertiary/aromatic N) is 11. The molecule has 1 atom stereocenters. The third-order valence-corrected chi connectivity index (χ3v) is 16.2. The van der Waals surface area contributed by atoms with Gasteiger partial charge in [0.15, 0.2) is 11.6 Å². The number of rotatable bonds is 16. The van der Waals surface area contributed by atoms with E-state index in [0.717, 1.165) is 112 Å². The maximum Gasteiger partial charge on any atom is 0.289 e. The van der Waals surface area contributed by atoms with Crippen molar-refractivity contribution in [2.75, 3.05) is 72.0 Å². The van der Waals surface area contributed by atoms with Crippen LogP contribution in [0.3, 0.4) is 0 Å². The number of hydrogen-bond acceptors (Lipinski definition) is 13. The summed E-state index contributed by atoms with van der Waals surface area (Å²) in [4.78, 5) is 43.7. The molecule has 9 rings (SSSR count). The molecule has 72 heavy (non-hydrogen) atoms. The minimum Gasteiger partial charge on any atom is -0.508 e. The lowest BCUT2D eigenvalue weighted by molar-refractivity contribution is -0.133. The van der Waals surface area contributed by atoms with Crippen molar-refractivity contribution >= 4 is 40.5 Å². The van der Waals surface area contributed by atoms with E-state index in [2.05, 4.69) is 84.8 Å². The average molecular weight is 1020 g/mol. The van der Waals surface area contributed by atoms with Crippen LogP contribution in [0, 0.1) is 26.7 Å². The van der Waals surface area contributed by atoms with Gasteiger partial charge in [0.05, 0.1) is 17.7 Å². The number of aromatic nitrogens is 6. The molecule has 2 fully saturated rings. The summed E-state index contributed by atoms with van der Waals surface area (Å²) in [6, 6.07) is 18.4. The zero-order valence-corrected chi connectivity index (χ0v) is 44.1. The number of nitrogens with one attached hydrogen (secondary N) is 1. The number of aromatic hydroxyl groups is 2. The summed E-state index contributed by atoms with van der Waals surface area (Å²) < 4.78 is 3.79. The molecule has 0 spiro atoms. The molecule has 16 nitrogen and oxygen atoms in total. The molecule has 3 aromatic heterocycles.